The summed E-state index contributed by atoms with van der Waals surface area (Å²) in [5, 5.41) is 12.5. The summed E-state index contributed by atoms with van der Waals surface area (Å²) in [5.41, 5.74) is 0.375. The maximum Gasteiger partial charge on any atom is 0.275 e. The molecule has 0 saturated carbocycles. The second kappa shape index (κ2) is 5.63. The zero-order chi connectivity index (χ0) is 13.9. The van der Waals surface area contributed by atoms with Crippen molar-refractivity contribution in [3.05, 3.63) is 22.7 Å². The summed E-state index contributed by atoms with van der Waals surface area (Å²) in [6.07, 6.45) is 0.489. The monoisotopic (exact) mass is 294 g/mol. The molecule has 2 aromatic rings. The van der Waals surface area contributed by atoms with E-state index in [2.05, 4.69) is 24.8 Å². The van der Waals surface area contributed by atoms with Crippen molar-refractivity contribution in [3.8, 4) is 0 Å². The molecular formula is C11H14N6O2S. The molecule has 0 aromatic carbocycles. The fraction of sp³-hybridized carbons (Fsp3) is 0.545. The summed E-state index contributed by atoms with van der Waals surface area (Å²) in [4.78, 5) is 18.3. The van der Waals surface area contributed by atoms with Crippen LogP contribution in [0.15, 0.2) is 5.38 Å². The standard InChI is InChI=1S/C11H14N6O2S/c1-2-9-12-10(15-14-9)8-5-17(3-4-19-8)11(18)7-6-20-16-13-7/h6,8H,2-5H2,1H3,(H,12,14,15)/t8-/m0/s1. The number of carbonyl (C=O) groups excluding carboxylic acids is 1. The van der Waals surface area contributed by atoms with Gasteiger partial charge in [0.2, 0.25) is 0 Å². The number of morpholine rings is 1. The first-order valence-corrected chi connectivity index (χ1v) is 7.20. The van der Waals surface area contributed by atoms with Crippen LogP contribution in [0.1, 0.15) is 35.2 Å². The van der Waals surface area contributed by atoms with E-state index in [4.69, 9.17) is 4.74 Å². The van der Waals surface area contributed by atoms with Crippen LogP contribution in [-0.2, 0) is 11.2 Å². The molecule has 1 amide bonds. The number of nitrogens with zero attached hydrogens (tertiary/aromatic N) is 5. The van der Waals surface area contributed by atoms with Crippen molar-refractivity contribution >= 4 is 17.4 Å². The van der Waals surface area contributed by atoms with Gasteiger partial charge in [0, 0.05) is 18.3 Å². The third kappa shape index (κ3) is 2.54. The molecule has 1 saturated heterocycles. The lowest BCUT2D eigenvalue weighted by atomic mass is 10.2. The van der Waals surface area contributed by atoms with Crippen LogP contribution in [0.2, 0.25) is 0 Å². The molecule has 1 aliphatic rings. The van der Waals surface area contributed by atoms with Crippen molar-refractivity contribution in [2.75, 3.05) is 19.7 Å². The lowest BCUT2D eigenvalue weighted by Gasteiger charge is -2.31. The molecule has 2 aromatic heterocycles. The Morgan fingerprint density at radius 3 is 3.25 bits per heavy atom. The van der Waals surface area contributed by atoms with Crippen LogP contribution in [0.3, 0.4) is 0 Å². The number of rotatable bonds is 3. The van der Waals surface area contributed by atoms with E-state index < -0.39 is 0 Å². The van der Waals surface area contributed by atoms with Gasteiger partial charge in [-0.15, -0.1) is 5.10 Å². The number of hydrogen-bond donors (Lipinski definition) is 1. The van der Waals surface area contributed by atoms with E-state index in [-0.39, 0.29) is 12.0 Å². The highest BCUT2D eigenvalue weighted by atomic mass is 32.1. The first-order chi connectivity index (χ1) is 9.78. The molecule has 0 bridgehead atoms. The van der Waals surface area contributed by atoms with Crippen molar-refractivity contribution in [3.63, 3.8) is 0 Å². The predicted molar refractivity (Wildman–Crippen MR) is 70.3 cm³/mol. The van der Waals surface area contributed by atoms with Crippen LogP contribution in [0, 0.1) is 0 Å². The summed E-state index contributed by atoms with van der Waals surface area (Å²) in [7, 11) is 0. The number of H-pyrrole nitrogens is 1. The highest BCUT2D eigenvalue weighted by Crippen LogP contribution is 2.20. The van der Waals surface area contributed by atoms with E-state index in [9.17, 15) is 4.79 Å². The number of amides is 1. The fourth-order valence-electron chi connectivity index (χ4n) is 2.02. The van der Waals surface area contributed by atoms with Crippen LogP contribution in [0.5, 0.6) is 0 Å². The van der Waals surface area contributed by atoms with Gasteiger partial charge in [0.25, 0.3) is 5.91 Å². The number of aromatic amines is 1. The van der Waals surface area contributed by atoms with E-state index in [0.29, 0.717) is 31.2 Å². The minimum absolute atomic E-state index is 0.127. The van der Waals surface area contributed by atoms with Crippen LogP contribution >= 0.6 is 11.5 Å². The van der Waals surface area contributed by atoms with Gasteiger partial charge in [-0.25, -0.2) is 4.98 Å². The first-order valence-electron chi connectivity index (χ1n) is 6.37. The second-order valence-corrected chi connectivity index (χ2v) is 5.00. The van der Waals surface area contributed by atoms with Crippen LogP contribution < -0.4 is 0 Å². The lowest BCUT2D eigenvalue weighted by molar-refractivity contribution is -0.0268. The molecule has 1 N–H and O–H groups in total. The molecule has 1 atom stereocenters. The lowest BCUT2D eigenvalue weighted by Crippen LogP contribution is -2.42. The molecule has 3 heterocycles. The van der Waals surface area contributed by atoms with Crippen molar-refractivity contribution in [1.29, 1.82) is 0 Å². The Morgan fingerprint density at radius 1 is 1.65 bits per heavy atom. The van der Waals surface area contributed by atoms with Crippen molar-refractivity contribution < 1.29 is 9.53 Å². The molecule has 8 nitrogen and oxygen atoms in total. The summed E-state index contributed by atoms with van der Waals surface area (Å²) < 4.78 is 9.36. The predicted octanol–water partition coefficient (Wildman–Crippen LogP) is 0.432. The van der Waals surface area contributed by atoms with Crippen molar-refractivity contribution in [1.82, 2.24) is 29.7 Å². The zero-order valence-electron chi connectivity index (χ0n) is 10.9. The third-order valence-electron chi connectivity index (χ3n) is 3.10. The molecule has 0 radical (unpaired) electrons. The third-order valence-corrected chi connectivity index (χ3v) is 3.61. The summed E-state index contributed by atoms with van der Waals surface area (Å²) in [6.45, 7) is 3.43. The Bertz CT molecular complexity index is 584. The number of aryl methyl sites for hydroxylation is 1. The largest absolute Gasteiger partial charge is 0.366 e. The molecule has 3 rings (SSSR count). The number of ether oxygens (including phenoxy) is 1. The average Bonchev–Trinajstić information content (AvgIpc) is 3.17. The molecule has 106 valence electrons. The number of hydrogen-bond acceptors (Lipinski definition) is 7. The van der Waals surface area contributed by atoms with Gasteiger partial charge in [0.1, 0.15) is 11.9 Å². The van der Waals surface area contributed by atoms with Gasteiger partial charge in [0.05, 0.1) is 13.2 Å². The SMILES string of the molecule is CCc1nc([C@@H]2CN(C(=O)c3csnn3)CCO2)n[nH]1. The highest BCUT2D eigenvalue weighted by molar-refractivity contribution is 7.03. The Labute approximate surface area is 119 Å². The van der Waals surface area contributed by atoms with Crippen molar-refractivity contribution in [2.45, 2.75) is 19.4 Å². The number of carbonyl (C=O) groups is 1. The Kier molecular flexibility index (Phi) is 3.70. The van der Waals surface area contributed by atoms with Gasteiger partial charge >= 0.3 is 0 Å². The van der Waals surface area contributed by atoms with E-state index >= 15 is 0 Å². The quantitative estimate of drug-likeness (QED) is 0.882. The van der Waals surface area contributed by atoms with E-state index in [1.165, 1.54) is 11.5 Å². The van der Waals surface area contributed by atoms with Gasteiger partial charge in [-0.1, -0.05) is 11.4 Å². The first kappa shape index (κ1) is 13.1. The van der Waals surface area contributed by atoms with Gasteiger partial charge in [-0.05, 0) is 11.5 Å². The van der Waals surface area contributed by atoms with Gasteiger partial charge in [0.15, 0.2) is 11.5 Å². The molecule has 9 heteroatoms. The molecule has 0 spiro atoms. The zero-order valence-corrected chi connectivity index (χ0v) is 11.8. The molecule has 1 aliphatic heterocycles. The van der Waals surface area contributed by atoms with Gasteiger partial charge in [-0.3, -0.25) is 9.89 Å². The fourth-order valence-corrected chi connectivity index (χ4v) is 2.45. The normalized spacial score (nSPS) is 19.2. The van der Waals surface area contributed by atoms with Crippen molar-refractivity contribution in [2.24, 2.45) is 0 Å². The smallest absolute Gasteiger partial charge is 0.275 e. The summed E-state index contributed by atoms with van der Waals surface area (Å²) in [5.74, 6) is 1.28. The Morgan fingerprint density at radius 2 is 2.55 bits per heavy atom. The summed E-state index contributed by atoms with van der Waals surface area (Å²) >= 11 is 1.17. The average molecular weight is 294 g/mol. The van der Waals surface area contributed by atoms with Crippen LogP contribution in [-0.4, -0.2) is 55.3 Å². The molecule has 0 unspecified atom stereocenters. The molecule has 1 fully saturated rings. The topological polar surface area (TPSA) is 96.9 Å². The maximum absolute atomic E-state index is 12.2. The molecular weight excluding hydrogens is 280 g/mol. The highest BCUT2D eigenvalue weighted by Gasteiger charge is 2.29. The number of nitrogens with one attached hydrogen (secondary N) is 1. The summed E-state index contributed by atoms with van der Waals surface area (Å²) in [6, 6.07) is 0. The molecule has 20 heavy (non-hydrogen) atoms. The Hall–Kier alpha value is -1.87. The van der Waals surface area contributed by atoms with E-state index in [1.807, 2.05) is 6.92 Å². The van der Waals surface area contributed by atoms with E-state index in [1.54, 1.807) is 10.3 Å². The van der Waals surface area contributed by atoms with E-state index in [0.717, 1.165) is 12.2 Å². The number of aromatic nitrogens is 5. The second-order valence-electron chi connectivity index (χ2n) is 4.39. The molecule has 0 aliphatic carbocycles. The van der Waals surface area contributed by atoms with Gasteiger partial charge < -0.3 is 9.64 Å². The van der Waals surface area contributed by atoms with Crippen LogP contribution in [0.25, 0.3) is 0 Å². The van der Waals surface area contributed by atoms with Gasteiger partial charge in [-0.2, -0.15) is 5.10 Å². The minimum Gasteiger partial charge on any atom is -0.366 e. The van der Waals surface area contributed by atoms with Crippen LogP contribution in [0.4, 0.5) is 0 Å². The minimum atomic E-state index is -0.296. The Balaban J connectivity index is 1.71. The maximum atomic E-state index is 12.2.